The van der Waals surface area contributed by atoms with Crippen molar-refractivity contribution in [2.75, 3.05) is 0 Å². The van der Waals surface area contributed by atoms with Crippen LogP contribution in [0.1, 0.15) is 37.6 Å². The van der Waals surface area contributed by atoms with Crippen LogP contribution in [-0.2, 0) is 20.9 Å². The Labute approximate surface area is 139 Å². The second kappa shape index (κ2) is 7.08. The van der Waals surface area contributed by atoms with Crippen molar-refractivity contribution in [1.82, 2.24) is 10.3 Å². The number of aromatic nitrogens is 1. The number of rotatable bonds is 5. The highest BCUT2D eigenvalue weighted by Gasteiger charge is 2.32. The highest BCUT2D eigenvalue weighted by Crippen LogP contribution is 2.29. The van der Waals surface area contributed by atoms with Gasteiger partial charge in [0.2, 0.25) is 5.91 Å². The van der Waals surface area contributed by atoms with Crippen molar-refractivity contribution in [1.29, 1.82) is 0 Å². The van der Waals surface area contributed by atoms with Crippen LogP contribution in [-0.4, -0.2) is 22.9 Å². The summed E-state index contributed by atoms with van der Waals surface area (Å²) in [5, 5.41) is 3.52. The topological polar surface area (TPSA) is 68.3 Å². The molecule has 1 aliphatic rings. The second-order valence-corrected chi connectivity index (χ2v) is 7.02. The van der Waals surface area contributed by atoms with Gasteiger partial charge in [0.05, 0.1) is 10.2 Å². The Kier molecular flexibility index (Phi) is 4.91. The second-order valence-electron chi connectivity index (χ2n) is 5.91. The van der Waals surface area contributed by atoms with E-state index < -0.39 is 6.04 Å². The van der Waals surface area contributed by atoms with Crippen LogP contribution >= 0.6 is 11.3 Å². The zero-order chi connectivity index (χ0) is 16.2. The summed E-state index contributed by atoms with van der Waals surface area (Å²) in [6.45, 7) is 1.59. The molecule has 1 saturated carbocycles. The van der Waals surface area contributed by atoms with Crippen LogP contribution in [0, 0.1) is 5.92 Å². The van der Waals surface area contributed by atoms with Crippen LogP contribution in [0.5, 0.6) is 0 Å². The van der Waals surface area contributed by atoms with Crippen molar-refractivity contribution in [3.63, 3.8) is 0 Å². The van der Waals surface area contributed by atoms with Crippen molar-refractivity contribution in [2.45, 2.75) is 45.3 Å². The van der Waals surface area contributed by atoms with E-state index in [4.69, 9.17) is 4.74 Å². The molecule has 0 aliphatic heterocycles. The highest BCUT2D eigenvalue weighted by atomic mass is 32.1. The number of carbonyl (C=O) groups is 2. The van der Waals surface area contributed by atoms with Crippen molar-refractivity contribution < 1.29 is 14.3 Å². The fourth-order valence-corrected chi connectivity index (χ4v) is 3.96. The molecule has 1 fully saturated rings. The molecule has 1 atom stereocenters. The third kappa shape index (κ3) is 3.88. The first-order valence-electron chi connectivity index (χ1n) is 7.91. The number of hydrogen-bond acceptors (Lipinski definition) is 5. The zero-order valence-electron chi connectivity index (χ0n) is 13.1. The average Bonchev–Trinajstić information content (AvgIpc) is 3.18. The summed E-state index contributed by atoms with van der Waals surface area (Å²) in [6.07, 6.45) is 4.13. The van der Waals surface area contributed by atoms with Gasteiger partial charge in [-0.2, -0.15) is 0 Å². The van der Waals surface area contributed by atoms with E-state index in [9.17, 15) is 9.59 Å². The molecule has 1 heterocycles. The van der Waals surface area contributed by atoms with Crippen LogP contribution in [0.2, 0.25) is 0 Å². The molecule has 5 nitrogen and oxygen atoms in total. The van der Waals surface area contributed by atoms with Crippen molar-refractivity contribution >= 4 is 33.4 Å². The van der Waals surface area contributed by atoms with Crippen LogP contribution < -0.4 is 5.32 Å². The Hall–Kier alpha value is -1.95. The first-order valence-corrected chi connectivity index (χ1v) is 8.73. The van der Waals surface area contributed by atoms with Gasteiger partial charge in [-0.1, -0.05) is 25.0 Å². The Morgan fingerprint density at radius 2 is 2.09 bits per heavy atom. The Balaban J connectivity index is 1.64. The number of para-hydroxylation sites is 1. The maximum atomic E-state index is 12.4. The quantitative estimate of drug-likeness (QED) is 0.855. The van der Waals surface area contributed by atoms with Gasteiger partial charge in [0.25, 0.3) is 0 Å². The molecule has 1 N–H and O–H groups in total. The van der Waals surface area contributed by atoms with Gasteiger partial charge in [0.1, 0.15) is 17.7 Å². The summed E-state index contributed by atoms with van der Waals surface area (Å²) < 4.78 is 6.50. The molecule has 0 saturated heterocycles. The fourth-order valence-electron chi connectivity index (χ4n) is 3.08. The van der Waals surface area contributed by atoms with E-state index in [-0.39, 0.29) is 24.4 Å². The number of hydrogen-bond donors (Lipinski definition) is 1. The largest absolute Gasteiger partial charge is 0.457 e. The summed E-state index contributed by atoms with van der Waals surface area (Å²) in [6, 6.07) is 7.30. The number of amides is 1. The van der Waals surface area contributed by atoms with E-state index in [2.05, 4.69) is 10.3 Å². The predicted octanol–water partition coefficient (Wildman–Crippen LogP) is 3.03. The predicted molar refractivity (Wildman–Crippen MR) is 89.0 cm³/mol. The van der Waals surface area contributed by atoms with Gasteiger partial charge >= 0.3 is 5.97 Å². The maximum absolute atomic E-state index is 12.4. The molecule has 3 rings (SSSR count). The molecular formula is C17H20N2O3S. The van der Waals surface area contributed by atoms with E-state index in [1.54, 1.807) is 0 Å². The van der Waals surface area contributed by atoms with Crippen LogP contribution in [0.3, 0.4) is 0 Å². The number of nitrogens with one attached hydrogen (secondary N) is 1. The molecule has 1 amide bonds. The number of carbonyl (C=O) groups excluding carboxylic acids is 2. The number of benzene rings is 1. The van der Waals surface area contributed by atoms with Gasteiger partial charge in [-0.05, 0) is 30.9 Å². The number of nitrogens with zero attached hydrogens (tertiary/aromatic N) is 1. The number of esters is 1. The third-order valence-corrected chi connectivity index (χ3v) is 5.17. The molecule has 0 bridgehead atoms. The van der Waals surface area contributed by atoms with E-state index in [1.165, 1.54) is 18.3 Å². The molecule has 1 aromatic heterocycles. The summed E-state index contributed by atoms with van der Waals surface area (Å²) in [5.41, 5.74) is 0.915. The third-order valence-electron chi connectivity index (χ3n) is 4.16. The monoisotopic (exact) mass is 332 g/mol. The molecule has 23 heavy (non-hydrogen) atoms. The summed E-state index contributed by atoms with van der Waals surface area (Å²) in [7, 11) is 0. The average molecular weight is 332 g/mol. The lowest BCUT2D eigenvalue weighted by Gasteiger charge is -2.22. The SMILES string of the molecule is CC(=O)N[C@H](C(=O)OCc1nc2ccccc2s1)C1CCCC1. The molecule has 0 spiro atoms. The van der Waals surface area contributed by atoms with Gasteiger partial charge in [-0.15, -0.1) is 11.3 Å². The van der Waals surface area contributed by atoms with Crippen LogP contribution in [0.4, 0.5) is 0 Å². The van der Waals surface area contributed by atoms with Crippen LogP contribution in [0.15, 0.2) is 24.3 Å². The first kappa shape index (κ1) is 15.9. The van der Waals surface area contributed by atoms with Crippen LogP contribution in [0.25, 0.3) is 10.2 Å². The molecular weight excluding hydrogens is 312 g/mol. The van der Waals surface area contributed by atoms with Gasteiger partial charge in [0, 0.05) is 6.92 Å². The van der Waals surface area contributed by atoms with Gasteiger partial charge in [-0.3, -0.25) is 4.79 Å². The molecule has 1 aromatic carbocycles. The van der Waals surface area contributed by atoms with Crippen molar-refractivity contribution in [3.05, 3.63) is 29.3 Å². The maximum Gasteiger partial charge on any atom is 0.329 e. The van der Waals surface area contributed by atoms with E-state index >= 15 is 0 Å². The van der Waals surface area contributed by atoms with E-state index in [0.717, 1.165) is 40.9 Å². The standard InChI is InChI=1S/C17H20N2O3S/c1-11(20)18-16(12-6-2-3-7-12)17(21)22-10-15-19-13-8-4-5-9-14(13)23-15/h4-5,8-9,12,16H,2-3,6-7,10H2,1H3,(H,18,20)/t16-/m0/s1. The lowest BCUT2D eigenvalue weighted by molar-refractivity contribution is -0.150. The Bertz CT molecular complexity index is 674. The molecule has 122 valence electrons. The summed E-state index contributed by atoms with van der Waals surface area (Å²) in [4.78, 5) is 28.2. The Morgan fingerprint density at radius 1 is 1.35 bits per heavy atom. The molecule has 1 aliphatic carbocycles. The van der Waals surface area contributed by atoms with Gasteiger partial charge in [-0.25, -0.2) is 9.78 Å². The lowest BCUT2D eigenvalue weighted by Crippen LogP contribution is -2.45. The van der Waals surface area contributed by atoms with Gasteiger partial charge < -0.3 is 10.1 Å². The summed E-state index contributed by atoms with van der Waals surface area (Å²) >= 11 is 1.52. The van der Waals surface area contributed by atoms with Crippen molar-refractivity contribution in [3.8, 4) is 0 Å². The Morgan fingerprint density at radius 3 is 2.78 bits per heavy atom. The summed E-state index contributed by atoms with van der Waals surface area (Å²) in [5.74, 6) is -0.369. The zero-order valence-corrected chi connectivity index (χ0v) is 13.9. The number of ether oxygens (including phenoxy) is 1. The fraction of sp³-hybridized carbons (Fsp3) is 0.471. The minimum absolute atomic E-state index is 0.154. The van der Waals surface area contributed by atoms with Crippen molar-refractivity contribution in [2.24, 2.45) is 5.92 Å². The highest BCUT2D eigenvalue weighted by molar-refractivity contribution is 7.18. The molecule has 0 radical (unpaired) electrons. The molecule has 6 heteroatoms. The molecule has 2 aromatic rings. The van der Waals surface area contributed by atoms with E-state index in [1.807, 2.05) is 24.3 Å². The minimum Gasteiger partial charge on any atom is -0.457 e. The number of thiazole rings is 1. The smallest absolute Gasteiger partial charge is 0.329 e. The first-order chi connectivity index (χ1) is 11.1. The number of fused-ring (bicyclic) bond motifs is 1. The lowest BCUT2D eigenvalue weighted by atomic mass is 9.98. The van der Waals surface area contributed by atoms with E-state index in [0.29, 0.717) is 0 Å². The minimum atomic E-state index is -0.538. The molecule has 0 unspecified atom stereocenters. The normalized spacial score (nSPS) is 16.4. The van der Waals surface area contributed by atoms with Gasteiger partial charge in [0.15, 0.2) is 0 Å².